The summed E-state index contributed by atoms with van der Waals surface area (Å²) < 4.78 is 6.05. The van der Waals surface area contributed by atoms with Crippen LogP contribution in [0.3, 0.4) is 0 Å². The number of para-hydroxylation sites is 1. The summed E-state index contributed by atoms with van der Waals surface area (Å²) in [6.45, 7) is 4.82. The van der Waals surface area contributed by atoms with Gasteiger partial charge in [-0.1, -0.05) is 72.1 Å². The van der Waals surface area contributed by atoms with Gasteiger partial charge in [0.1, 0.15) is 9.86 Å². The predicted octanol–water partition coefficient (Wildman–Crippen LogP) is 6.57. The van der Waals surface area contributed by atoms with Crippen molar-refractivity contribution in [2.75, 3.05) is 11.1 Å². The van der Waals surface area contributed by atoms with Crippen LogP contribution in [0.5, 0.6) is 0 Å². The van der Waals surface area contributed by atoms with Crippen molar-refractivity contribution >= 4 is 56.7 Å². The minimum absolute atomic E-state index is 0.0470. The van der Waals surface area contributed by atoms with Crippen molar-refractivity contribution in [3.8, 4) is 0 Å². The molecule has 0 atom stereocenters. The molecule has 0 unspecified atom stereocenters. The van der Waals surface area contributed by atoms with Gasteiger partial charge in [-0.3, -0.25) is 4.79 Å². The fourth-order valence-corrected chi connectivity index (χ4v) is 6.77. The molecule has 0 bridgehead atoms. The molecule has 34 heavy (non-hydrogen) atoms. The molecule has 0 aliphatic carbocycles. The van der Waals surface area contributed by atoms with Crippen molar-refractivity contribution in [2.24, 2.45) is 0 Å². The number of thiophene rings is 1. The van der Waals surface area contributed by atoms with Gasteiger partial charge in [-0.2, -0.15) is 0 Å². The molecule has 3 heterocycles. The molecule has 1 aliphatic rings. The number of rotatable bonds is 7. The van der Waals surface area contributed by atoms with E-state index in [-0.39, 0.29) is 17.3 Å². The zero-order chi connectivity index (χ0) is 23.5. The highest BCUT2D eigenvalue weighted by Gasteiger charge is 2.31. The van der Waals surface area contributed by atoms with Crippen LogP contribution < -0.4 is 5.32 Å². The summed E-state index contributed by atoms with van der Waals surface area (Å²) in [5, 5.41) is 5.66. The van der Waals surface area contributed by atoms with Crippen LogP contribution in [0.2, 0.25) is 0 Å². The normalized spacial score (nSPS) is 14.6. The van der Waals surface area contributed by atoms with E-state index in [1.165, 1.54) is 27.8 Å². The van der Waals surface area contributed by atoms with Crippen molar-refractivity contribution < 1.29 is 9.53 Å². The van der Waals surface area contributed by atoms with Crippen LogP contribution in [-0.2, 0) is 28.3 Å². The number of ether oxygens (including phenoxy) is 1. The number of carbonyl (C=O) groups excluding carboxylic acids is 1. The lowest BCUT2D eigenvalue weighted by atomic mass is 9.95. The molecule has 0 saturated carbocycles. The fraction of sp³-hybridized carbons (Fsp3) is 0.269. The summed E-state index contributed by atoms with van der Waals surface area (Å²) in [5.74, 6) is 1.04. The minimum atomic E-state index is -0.228. The Morgan fingerprint density at radius 3 is 2.56 bits per heavy atom. The molecular formula is C26H25N3O2S3. The lowest BCUT2D eigenvalue weighted by molar-refractivity contribution is -0.113. The molecule has 8 heteroatoms. The summed E-state index contributed by atoms with van der Waals surface area (Å²) >= 11 is 4.79. The van der Waals surface area contributed by atoms with E-state index in [1.807, 2.05) is 48.5 Å². The highest BCUT2D eigenvalue weighted by Crippen LogP contribution is 2.42. The van der Waals surface area contributed by atoms with Gasteiger partial charge in [-0.25, -0.2) is 9.97 Å². The summed E-state index contributed by atoms with van der Waals surface area (Å²) in [7, 11) is 0. The maximum Gasteiger partial charge on any atom is 0.234 e. The molecule has 1 aliphatic heterocycles. The maximum absolute atomic E-state index is 12.6. The number of amides is 1. The third kappa shape index (κ3) is 5.46. The van der Waals surface area contributed by atoms with Gasteiger partial charge in [0.15, 0.2) is 5.16 Å². The molecule has 0 saturated heterocycles. The standard InChI is InChI=1S/C26H25N3O2S3/c1-26(2)13-19-20(14-31-26)34-24-22(19)23(32-16-21(30)27-18-11-7-4-8-12-18)28-25(29-24)33-15-17-9-5-3-6-10-17/h3-12H,13-16H2,1-2H3,(H,27,30). The molecule has 2 aromatic carbocycles. The number of nitrogens with one attached hydrogen (secondary N) is 1. The van der Waals surface area contributed by atoms with E-state index in [9.17, 15) is 4.79 Å². The van der Waals surface area contributed by atoms with Gasteiger partial charge in [-0.05, 0) is 37.1 Å². The Kier molecular flexibility index (Phi) is 6.92. The summed E-state index contributed by atoms with van der Waals surface area (Å²) in [5.41, 5.74) is 3.07. The first-order chi connectivity index (χ1) is 16.5. The van der Waals surface area contributed by atoms with Crippen molar-refractivity contribution in [3.63, 3.8) is 0 Å². The molecule has 1 amide bonds. The number of carbonyl (C=O) groups is 1. The lowest BCUT2D eigenvalue weighted by Crippen LogP contribution is -2.31. The Bertz CT molecular complexity index is 1310. The zero-order valence-corrected chi connectivity index (χ0v) is 21.5. The minimum Gasteiger partial charge on any atom is -0.370 e. The number of benzene rings is 2. The SMILES string of the molecule is CC1(C)Cc2c(sc3nc(SCc4ccccc4)nc(SCC(=O)Nc4ccccc4)c23)CO1. The van der Waals surface area contributed by atoms with E-state index in [0.29, 0.717) is 6.61 Å². The van der Waals surface area contributed by atoms with Crippen molar-refractivity contribution in [3.05, 3.63) is 76.7 Å². The summed E-state index contributed by atoms with van der Waals surface area (Å²) in [6.07, 6.45) is 0.811. The van der Waals surface area contributed by atoms with Gasteiger partial charge in [0, 0.05) is 28.1 Å². The van der Waals surface area contributed by atoms with Crippen LogP contribution in [0.15, 0.2) is 70.8 Å². The maximum atomic E-state index is 12.6. The smallest absolute Gasteiger partial charge is 0.234 e. The molecule has 0 radical (unpaired) electrons. The topological polar surface area (TPSA) is 64.1 Å². The Morgan fingerprint density at radius 1 is 1.06 bits per heavy atom. The van der Waals surface area contributed by atoms with Crippen LogP contribution in [0.4, 0.5) is 5.69 Å². The largest absolute Gasteiger partial charge is 0.370 e. The van der Waals surface area contributed by atoms with E-state index in [0.717, 1.165) is 38.3 Å². The van der Waals surface area contributed by atoms with Crippen molar-refractivity contribution in [1.29, 1.82) is 0 Å². The van der Waals surface area contributed by atoms with Crippen LogP contribution in [0, 0.1) is 0 Å². The van der Waals surface area contributed by atoms with Crippen LogP contribution >= 0.6 is 34.9 Å². The first-order valence-electron chi connectivity index (χ1n) is 11.1. The molecular weight excluding hydrogens is 483 g/mol. The molecule has 0 fully saturated rings. The number of aromatic nitrogens is 2. The Morgan fingerprint density at radius 2 is 1.79 bits per heavy atom. The number of fused-ring (bicyclic) bond motifs is 3. The highest BCUT2D eigenvalue weighted by atomic mass is 32.2. The molecule has 0 spiro atoms. The monoisotopic (exact) mass is 507 g/mol. The van der Waals surface area contributed by atoms with E-state index >= 15 is 0 Å². The van der Waals surface area contributed by atoms with Crippen LogP contribution in [0.25, 0.3) is 10.2 Å². The molecule has 2 aromatic heterocycles. The average Bonchev–Trinajstić information content (AvgIpc) is 3.19. The van der Waals surface area contributed by atoms with Gasteiger partial charge >= 0.3 is 0 Å². The van der Waals surface area contributed by atoms with E-state index < -0.39 is 0 Å². The Hall–Kier alpha value is -2.39. The van der Waals surface area contributed by atoms with Gasteiger partial charge in [0.05, 0.1) is 18.0 Å². The third-order valence-corrected chi connectivity index (χ3v) is 8.48. The number of hydrogen-bond donors (Lipinski definition) is 1. The van der Waals surface area contributed by atoms with E-state index in [2.05, 4.69) is 31.3 Å². The second kappa shape index (κ2) is 10.1. The first kappa shape index (κ1) is 23.4. The van der Waals surface area contributed by atoms with Gasteiger partial charge in [-0.15, -0.1) is 11.3 Å². The third-order valence-electron chi connectivity index (χ3n) is 5.49. The lowest BCUT2D eigenvalue weighted by Gasteiger charge is -2.30. The number of nitrogens with zero attached hydrogens (tertiary/aromatic N) is 2. The van der Waals surface area contributed by atoms with E-state index in [1.54, 1.807) is 23.1 Å². The van der Waals surface area contributed by atoms with Gasteiger partial charge in [0.25, 0.3) is 0 Å². The number of hydrogen-bond acceptors (Lipinski definition) is 7. The van der Waals surface area contributed by atoms with Gasteiger partial charge in [0.2, 0.25) is 5.91 Å². The van der Waals surface area contributed by atoms with E-state index in [4.69, 9.17) is 14.7 Å². The molecule has 5 rings (SSSR count). The first-order valence-corrected chi connectivity index (χ1v) is 13.9. The molecule has 174 valence electrons. The van der Waals surface area contributed by atoms with Gasteiger partial charge < -0.3 is 10.1 Å². The summed E-state index contributed by atoms with van der Waals surface area (Å²) in [6, 6.07) is 19.9. The second-order valence-corrected chi connectivity index (χ2v) is 11.7. The van der Waals surface area contributed by atoms with Crippen LogP contribution in [-0.4, -0.2) is 27.2 Å². The highest BCUT2D eigenvalue weighted by molar-refractivity contribution is 8.00. The number of thioether (sulfide) groups is 2. The Labute approximate surface area is 211 Å². The van der Waals surface area contributed by atoms with Crippen LogP contribution in [0.1, 0.15) is 29.9 Å². The number of anilines is 1. The van der Waals surface area contributed by atoms with Crippen molar-refractivity contribution in [1.82, 2.24) is 9.97 Å². The quantitative estimate of drug-likeness (QED) is 0.173. The molecule has 1 N–H and O–H groups in total. The summed E-state index contributed by atoms with van der Waals surface area (Å²) in [4.78, 5) is 24.7. The zero-order valence-electron chi connectivity index (χ0n) is 19.0. The Balaban J connectivity index is 1.43. The predicted molar refractivity (Wildman–Crippen MR) is 142 cm³/mol. The molecule has 4 aromatic rings. The van der Waals surface area contributed by atoms with Crippen molar-refractivity contribution in [2.45, 2.75) is 48.4 Å². The molecule has 5 nitrogen and oxygen atoms in total. The second-order valence-electron chi connectivity index (χ2n) is 8.70. The fourth-order valence-electron chi connectivity index (χ4n) is 3.84. The average molecular weight is 508 g/mol.